The van der Waals surface area contributed by atoms with Crippen LogP contribution < -0.4 is 19.5 Å². The Labute approximate surface area is 248 Å². The maximum Gasteiger partial charge on any atom is 0.246 e. The van der Waals surface area contributed by atoms with Crippen molar-refractivity contribution < 1.29 is 19.0 Å². The highest BCUT2D eigenvalue weighted by Gasteiger charge is 2.43. The number of ether oxygens (including phenoxy) is 3. The van der Waals surface area contributed by atoms with Crippen molar-refractivity contribution in [2.75, 3.05) is 12.4 Å². The monoisotopic (exact) mass is 577 g/mol. The highest BCUT2D eigenvalue weighted by molar-refractivity contribution is 5.93. The Morgan fingerprint density at radius 1 is 1.00 bits per heavy atom. The summed E-state index contributed by atoms with van der Waals surface area (Å²) < 4.78 is 20.1. The second-order valence-corrected chi connectivity index (χ2v) is 10.9. The fourth-order valence-corrected chi connectivity index (χ4v) is 6.25. The number of hydrogen-bond acceptors (Lipinski definition) is 9. The maximum atomic E-state index is 12.4. The van der Waals surface area contributed by atoms with E-state index in [0.717, 1.165) is 53.6 Å². The van der Waals surface area contributed by atoms with Crippen molar-refractivity contribution in [1.82, 2.24) is 29.5 Å². The number of hydrogen-bond donors (Lipinski definition) is 1. The Hall–Kier alpha value is -5.19. The molecule has 2 aliphatic heterocycles. The number of fused-ring (bicyclic) bond motifs is 4. The van der Waals surface area contributed by atoms with Gasteiger partial charge in [0, 0.05) is 54.3 Å². The van der Waals surface area contributed by atoms with Crippen LogP contribution in [0.1, 0.15) is 31.2 Å². The number of benzene rings is 2. The van der Waals surface area contributed by atoms with Crippen LogP contribution in [0.4, 0.5) is 11.5 Å². The van der Waals surface area contributed by atoms with E-state index in [1.807, 2.05) is 60.5 Å². The lowest BCUT2D eigenvalue weighted by molar-refractivity contribution is -0.131. The number of carbonyl (C=O) groups is 1. The van der Waals surface area contributed by atoms with Crippen molar-refractivity contribution in [1.29, 1.82) is 0 Å². The van der Waals surface area contributed by atoms with E-state index in [2.05, 4.69) is 31.9 Å². The first-order chi connectivity index (χ1) is 21.0. The van der Waals surface area contributed by atoms with Crippen LogP contribution in [0.2, 0.25) is 0 Å². The zero-order chi connectivity index (χ0) is 29.5. The number of aromatic nitrogens is 5. The van der Waals surface area contributed by atoms with E-state index in [9.17, 15) is 4.79 Å². The molecule has 2 bridgehead atoms. The van der Waals surface area contributed by atoms with Crippen molar-refractivity contribution in [2.45, 2.75) is 50.8 Å². The van der Waals surface area contributed by atoms with Gasteiger partial charge < -0.3 is 24.4 Å². The molecular weight excluding hydrogens is 546 g/mol. The average molecular weight is 578 g/mol. The molecule has 2 aromatic carbocycles. The van der Waals surface area contributed by atoms with Crippen LogP contribution in [-0.4, -0.2) is 60.7 Å². The molecule has 5 aromatic rings. The molecule has 5 heterocycles. The van der Waals surface area contributed by atoms with E-state index < -0.39 is 0 Å². The predicted octanol–water partition coefficient (Wildman–Crippen LogP) is 5.61. The van der Waals surface area contributed by atoms with Gasteiger partial charge in [0.25, 0.3) is 0 Å². The number of piperidine rings is 1. The molecule has 7 rings (SSSR count). The normalized spacial score (nSPS) is 19.4. The van der Waals surface area contributed by atoms with Crippen LogP contribution in [0.3, 0.4) is 0 Å². The summed E-state index contributed by atoms with van der Waals surface area (Å²) >= 11 is 0. The van der Waals surface area contributed by atoms with Gasteiger partial charge in [0.2, 0.25) is 5.91 Å². The van der Waals surface area contributed by atoms with E-state index in [0.29, 0.717) is 28.7 Å². The SMILES string of the molecule is C=CC(=O)N1[C@@H]2CC[C@H]1CC(Oc1cc3c(Nc4ccc(Oc5ccn6ncnc6c5)c(C)c4)ncnc3cc1OC)C2. The highest BCUT2D eigenvalue weighted by Crippen LogP contribution is 2.41. The molecule has 3 aromatic heterocycles. The standard InChI is InChI=1S/C32H31N7O4/c1-4-31(40)39-21-6-7-22(39)13-24(12-21)43-29-15-25-26(16-28(29)41-3)33-17-35-32(25)37-20-5-8-27(19(2)11-20)42-23-9-10-38-30(14-23)34-18-36-38/h4-5,8-11,14-18,21-22,24H,1,6-7,12-13H2,2-3H3,(H,33,35,37)/t21-,22+,24?. The van der Waals surface area contributed by atoms with Gasteiger partial charge in [-0.15, -0.1) is 0 Å². The van der Waals surface area contributed by atoms with E-state index in [1.165, 1.54) is 18.7 Å². The summed E-state index contributed by atoms with van der Waals surface area (Å²) in [5, 5.41) is 8.37. The smallest absolute Gasteiger partial charge is 0.246 e. The van der Waals surface area contributed by atoms with Crippen molar-refractivity contribution in [2.24, 2.45) is 0 Å². The fraction of sp³-hybridized carbons (Fsp3) is 0.281. The number of nitrogens with zero attached hydrogens (tertiary/aromatic N) is 6. The molecule has 218 valence electrons. The Morgan fingerprint density at radius 3 is 2.60 bits per heavy atom. The van der Waals surface area contributed by atoms with Gasteiger partial charge in [-0.05, 0) is 61.7 Å². The zero-order valence-electron chi connectivity index (χ0n) is 23.9. The first kappa shape index (κ1) is 26.7. The molecule has 11 heteroatoms. The second-order valence-electron chi connectivity index (χ2n) is 10.9. The van der Waals surface area contributed by atoms with Gasteiger partial charge in [-0.2, -0.15) is 5.10 Å². The average Bonchev–Trinajstić information content (AvgIpc) is 3.59. The van der Waals surface area contributed by atoms with E-state index in [1.54, 1.807) is 11.6 Å². The molecule has 11 nitrogen and oxygen atoms in total. The minimum absolute atomic E-state index is 0.00492. The maximum absolute atomic E-state index is 12.4. The Morgan fingerprint density at radius 2 is 1.84 bits per heavy atom. The molecule has 1 amide bonds. The molecule has 0 radical (unpaired) electrons. The molecule has 1 unspecified atom stereocenters. The number of anilines is 2. The topological polar surface area (TPSA) is 116 Å². The van der Waals surface area contributed by atoms with Crippen LogP contribution in [0.5, 0.6) is 23.0 Å². The Kier molecular flexibility index (Phi) is 6.77. The Bertz CT molecular complexity index is 1840. The molecule has 0 aliphatic carbocycles. The predicted molar refractivity (Wildman–Crippen MR) is 161 cm³/mol. The third-order valence-electron chi connectivity index (χ3n) is 8.25. The second kappa shape index (κ2) is 10.9. The van der Waals surface area contributed by atoms with E-state index >= 15 is 0 Å². The molecule has 43 heavy (non-hydrogen) atoms. The first-order valence-electron chi connectivity index (χ1n) is 14.3. The van der Waals surface area contributed by atoms with Crippen LogP contribution >= 0.6 is 0 Å². The number of aryl methyl sites for hydroxylation is 1. The van der Waals surface area contributed by atoms with Gasteiger partial charge >= 0.3 is 0 Å². The van der Waals surface area contributed by atoms with Gasteiger partial charge in [0.15, 0.2) is 17.1 Å². The quantitative estimate of drug-likeness (QED) is 0.235. The van der Waals surface area contributed by atoms with Gasteiger partial charge in [0.05, 0.1) is 12.6 Å². The molecular formula is C32H31N7O4. The van der Waals surface area contributed by atoms with Crippen LogP contribution in [0.15, 0.2) is 74.0 Å². The van der Waals surface area contributed by atoms with Crippen molar-refractivity contribution in [3.05, 3.63) is 79.5 Å². The summed E-state index contributed by atoms with van der Waals surface area (Å²) in [5.74, 6) is 3.30. The van der Waals surface area contributed by atoms with Crippen molar-refractivity contribution in [3.63, 3.8) is 0 Å². The van der Waals surface area contributed by atoms with Crippen LogP contribution in [-0.2, 0) is 4.79 Å². The molecule has 0 saturated carbocycles. The molecule has 2 fully saturated rings. The largest absolute Gasteiger partial charge is 0.493 e. The minimum Gasteiger partial charge on any atom is -0.493 e. The van der Waals surface area contributed by atoms with Crippen LogP contribution in [0.25, 0.3) is 16.6 Å². The number of carbonyl (C=O) groups excluding carboxylic acids is 1. The Balaban J connectivity index is 1.12. The molecule has 3 atom stereocenters. The number of amides is 1. The molecule has 2 aliphatic rings. The van der Waals surface area contributed by atoms with Crippen molar-refractivity contribution >= 4 is 34.0 Å². The van der Waals surface area contributed by atoms with Gasteiger partial charge in [0.1, 0.15) is 36.1 Å². The third-order valence-corrected chi connectivity index (χ3v) is 8.25. The van der Waals surface area contributed by atoms with Gasteiger partial charge in [-0.1, -0.05) is 6.58 Å². The van der Waals surface area contributed by atoms with E-state index in [4.69, 9.17) is 14.2 Å². The molecule has 1 N–H and O–H groups in total. The lowest BCUT2D eigenvalue weighted by Gasteiger charge is -2.38. The number of pyridine rings is 1. The summed E-state index contributed by atoms with van der Waals surface area (Å²) in [7, 11) is 1.62. The van der Waals surface area contributed by atoms with Crippen LogP contribution in [0, 0.1) is 6.92 Å². The molecule has 0 spiro atoms. The first-order valence-corrected chi connectivity index (χ1v) is 14.3. The summed E-state index contributed by atoms with van der Waals surface area (Å²) in [6, 6.07) is 13.7. The van der Waals surface area contributed by atoms with Gasteiger partial charge in [-0.25, -0.2) is 19.5 Å². The number of rotatable bonds is 8. The third kappa shape index (κ3) is 5.07. The summed E-state index contributed by atoms with van der Waals surface area (Å²) in [6.45, 7) is 5.67. The number of methoxy groups -OCH3 is 1. The van der Waals surface area contributed by atoms with Gasteiger partial charge in [-0.3, -0.25) is 4.79 Å². The summed E-state index contributed by atoms with van der Waals surface area (Å²) in [6.07, 6.45) is 9.75. The fourth-order valence-electron chi connectivity index (χ4n) is 6.25. The summed E-state index contributed by atoms with van der Waals surface area (Å²) in [5.41, 5.74) is 3.25. The minimum atomic E-state index is -0.0283. The van der Waals surface area contributed by atoms with E-state index in [-0.39, 0.29) is 24.1 Å². The lowest BCUT2D eigenvalue weighted by Crippen LogP contribution is -2.48. The lowest BCUT2D eigenvalue weighted by atomic mass is 9.99. The molecule has 2 saturated heterocycles. The van der Waals surface area contributed by atoms with Crippen molar-refractivity contribution in [3.8, 4) is 23.0 Å². The summed E-state index contributed by atoms with van der Waals surface area (Å²) in [4.78, 5) is 27.6. The zero-order valence-corrected chi connectivity index (χ0v) is 23.9. The number of nitrogens with one attached hydrogen (secondary N) is 1. The highest BCUT2D eigenvalue weighted by atomic mass is 16.5.